The molecule has 0 aliphatic rings. The van der Waals surface area contributed by atoms with Gasteiger partial charge < -0.3 is 0 Å². The molecular formula is C19H24I+. The van der Waals surface area contributed by atoms with Gasteiger partial charge in [-0.2, -0.15) is 0 Å². The number of halogens is 1. The molecule has 0 nitrogen and oxygen atoms in total. The average molecular weight is 379 g/mol. The molecule has 1 heteroatoms. The SMILES string of the molecule is Cc1cc(C(C)C)cc(C(C)C)c1[I+]c1ccccc1. The van der Waals surface area contributed by atoms with Crippen molar-refractivity contribution in [2.24, 2.45) is 0 Å². The summed E-state index contributed by atoms with van der Waals surface area (Å²) in [6.45, 7) is 11.5. The Morgan fingerprint density at radius 1 is 0.850 bits per heavy atom. The minimum absolute atomic E-state index is 0.0809. The second-order valence-electron chi connectivity index (χ2n) is 5.94. The van der Waals surface area contributed by atoms with E-state index in [1.54, 1.807) is 9.13 Å². The van der Waals surface area contributed by atoms with Gasteiger partial charge in [0.2, 0.25) is 3.57 Å². The molecule has 0 aliphatic heterocycles. The van der Waals surface area contributed by atoms with Crippen molar-refractivity contribution in [3.05, 3.63) is 66.3 Å². The lowest BCUT2D eigenvalue weighted by Gasteiger charge is -2.13. The number of hydrogen-bond acceptors (Lipinski definition) is 0. The Morgan fingerprint density at radius 3 is 2.05 bits per heavy atom. The van der Waals surface area contributed by atoms with E-state index < -0.39 is 0 Å². The summed E-state index contributed by atoms with van der Waals surface area (Å²) < 4.78 is 3.13. The van der Waals surface area contributed by atoms with Gasteiger partial charge in [-0.05, 0) is 36.5 Å². The van der Waals surface area contributed by atoms with Crippen LogP contribution in [0.15, 0.2) is 42.5 Å². The van der Waals surface area contributed by atoms with Gasteiger partial charge in [0.15, 0.2) is 3.57 Å². The third-order valence-electron chi connectivity index (χ3n) is 3.53. The van der Waals surface area contributed by atoms with E-state index in [-0.39, 0.29) is 21.2 Å². The van der Waals surface area contributed by atoms with Crippen molar-refractivity contribution in [2.45, 2.75) is 46.5 Å². The molecule has 0 unspecified atom stereocenters. The molecule has 0 aromatic heterocycles. The van der Waals surface area contributed by atoms with Gasteiger partial charge in [0.05, 0.1) is 0 Å². The Balaban J connectivity index is 2.46. The zero-order chi connectivity index (χ0) is 14.7. The highest BCUT2D eigenvalue weighted by atomic mass is 127. The molecule has 0 heterocycles. The van der Waals surface area contributed by atoms with Crippen LogP contribution in [0.4, 0.5) is 0 Å². The van der Waals surface area contributed by atoms with Gasteiger partial charge in [-0.25, -0.2) is 0 Å². The predicted octanol–water partition coefficient (Wildman–Crippen LogP) is 2.37. The quantitative estimate of drug-likeness (QED) is 0.716. The van der Waals surface area contributed by atoms with E-state index in [1.807, 2.05) is 0 Å². The van der Waals surface area contributed by atoms with Crippen LogP contribution in [0.3, 0.4) is 0 Å². The number of aryl methyl sites for hydroxylation is 1. The Morgan fingerprint density at radius 2 is 1.50 bits per heavy atom. The highest BCUT2D eigenvalue weighted by molar-refractivity contribution is 5.32. The zero-order valence-corrected chi connectivity index (χ0v) is 15.2. The van der Waals surface area contributed by atoms with Crippen LogP contribution in [0.2, 0.25) is 0 Å². The van der Waals surface area contributed by atoms with E-state index in [1.165, 1.54) is 14.7 Å². The summed E-state index contributed by atoms with van der Waals surface area (Å²) in [5.41, 5.74) is 4.52. The summed E-state index contributed by atoms with van der Waals surface area (Å²) in [7, 11) is 0. The molecule has 106 valence electrons. The largest absolute Gasteiger partial charge is 0.358 e. The molecule has 0 saturated heterocycles. The summed E-state index contributed by atoms with van der Waals surface area (Å²) >= 11 is -0.0809. The van der Waals surface area contributed by atoms with Crippen LogP contribution in [0.1, 0.15) is 56.2 Å². The van der Waals surface area contributed by atoms with Crippen LogP contribution in [0.5, 0.6) is 0 Å². The summed E-state index contributed by atoms with van der Waals surface area (Å²) in [6.07, 6.45) is 0. The van der Waals surface area contributed by atoms with Gasteiger partial charge in [0.1, 0.15) is 0 Å². The molecule has 0 atom stereocenters. The van der Waals surface area contributed by atoms with Crippen molar-refractivity contribution in [1.82, 2.24) is 0 Å². The number of hydrogen-bond donors (Lipinski definition) is 0. The monoisotopic (exact) mass is 379 g/mol. The first kappa shape index (κ1) is 15.6. The van der Waals surface area contributed by atoms with Gasteiger partial charge in [-0.3, -0.25) is 0 Å². The van der Waals surface area contributed by atoms with Crippen LogP contribution in [-0.2, 0) is 0 Å². The fourth-order valence-electron chi connectivity index (χ4n) is 2.29. The van der Waals surface area contributed by atoms with E-state index >= 15 is 0 Å². The Hall–Kier alpha value is -0.830. The van der Waals surface area contributed by atoms with E-state index in [0.29, 0.717) is 11.8 Å². The number of benzene rings is 2. The smallest absolute Gasteiger partial charge is 0.0619 e. The molecule has 0 radical (unpaired) electrons. The first-order chi connectivity index (χ1) is 9.49. The Bertz CT molecular complexity index is 568. The first-order valence-electron chi connectivity index (χ1n) is 7.33. The van der Waals surface area contributed by atoms with Gasteiger partial charge in [-0.1, -0.05) is 58.0 Å². The van der Waals surface area contributed by atoms with Crippen LogP contribution in [0.25, 0.3) is 0 Å². The predicted molar refractivity (Wildman–Crippen MR) is 83.2 cm³/mol. The van der Waals surface area contributed by atoms with Crippen LogP contribution >= 0.6 is 0 Å². The minimum atomic E-state index is -0.0809. The maximum absolute atomic E-state index is 2.44. The highest BCUT2D eigenvalue weighted by Crippen LogP contribution is 2.23. The van der Waals surface area contributed by atoms with Crippen molar-refractivity contribution in [3.8, 4) is 0 Å². The molecule has 0 fully saturated rings. The third-order valence-corrected chi connectivity index (χ3v) is 6.89. The topological polar surface area (TPSA) is 0 Å². The fraction of sp³-hybridized carbons (Fsp3) is 0.368. The maximum Gasteiger partial charge on any atom is 0.358 e. The molecule has 0 aliphatic carbocycles. The summed E-state index contributed by atoms with van der Waals surface area (Å²) in [5.74, 6) is 1.21. The number of rotatable bonds is 4. The van der Waals surface area contributed by atoms with Gasteiger partial charge >= 0.3 is 21.2 Å². The molecular weight excluding hydrogens is 355 g/mol. The van der Waals surface area contributed by atoms with Crippen LogP contribution < -0.4 is 21.2 Å². The maximum atomic E-state index is 2.44. The molecule has 20 heavy (non-hydrogen) atoms. The molecule has 2 aromatic carbocycles. The molecule has 0 bridgehead atoms. The molecule has 2 aromatic rings. The van der Waals surface area contributed by atoms with Crippen molar-refractivity contribution < 1.29 is 21.2 Å². The lowest BCUT2D eigenvalue weighted by atomic mass is 9.93. The van der Waals surface area contributed by atoms with Crippen LogP contribution in [-0.4, -0.2) is 0 Å². The van der Waals surface area contributed by atoms with Crippen molar-refractivity contribution in [3.63, 3.8) is 0 Å². The second kappa shape index (κ2) is 6.75. The minimum Gasteiger partial charge on any atom is -0.0619 e. The van der Waals surface area contributed by atoms with Crippen molar-refractivity contribution in [1.29, 1.82) is 0 Å². The van der Waals surface area contributed by atoms with E-state index in [9.17, 15) is 0 Å². The van der Waals surface area contributed by atoms with E-state index in [2.05, 4.69) is 77.1 Å². The van der Waals surface area contributed by atoms with Crippen LogP contribution in [0, 0.1) is 14.1 Å². The van der Waals surface area contributed by atoms with Gasteiger partial charge in [0.25, 0.3) is 0 Å². The molecule has 2 rings (SSSR count). The van der Waals surface area contributed by atoms with E-state index in [0.717, 1.165) is 0 Å². The molecule has 0 N–H and O–H groups in total. The second-order valence-corrected chi connectivity index (χ2v) is 8.80. The Labute approximate surface area is 133 Å². The summed E-state index contributed by atoms with van der Waals surface area (Å²) in [4.78, 5) is 0. The zero-order valence-electron chi connectivity index (χ0n) is 13.1. The lowest BCUT2D eigenvalue weighted by Crippen LogP contribution is -3.62. The van der Waals surface area contributed by atoms with Gasteiger partial charge in [0, 0.05) is 11.1 Å². The average Bonchev–Trinajstić information content (AvgIpc) is 2.41. The fourth-order valence-corrected chi connectivity index (χ4v) is 5.36. The van der Waals surface area contributed by atoms with E-state index in [4.69, 9.17) is 0 Å². The summed E-state index contributed by atoms with van der Waals surface area (Å²) in [6, 6.07) is 15.8. The van der Waals surface area contributed by atoms with Crippen molar-refractivity contribution >= 4 is 0 Å². The molecule has 0 spiro atoms. The van der Waals surface area contributed by atoms with Gasteiger partial charge in [-0.15, -0.1) is 0 Å². The highest BCUT2D eigenvalue weighted by Gasteiger charge is 2.25. The van der Waals surface area contributed by atoms with Crippen molar-refractivity contribution in [2.75, 3.05) is 0 Å². The molecule has 0 saturated carbocycles. The first-order valence-corrected chi connectivity index (χ1v) is 9.49. The normalized spacial score (nSPS) is 11.3. The third kappa shape index (κ3) is 3.63. The lowest BCUT2D eigenvalue weighted by molar-refractivity contribution is -0.599. The summed E-state index contributed by atoms with van der Waals surface area (Å²) in [5, 5.41) is 0. The molecule has 0 amide bonds. The Kier molecular flexibility index (Phi) is 5.25. The standard InChI is InChI=1S/C19H24I/c1-13(2)16-11-15(5)19(18(12-16)14(3)4)20-17-9-7-6-8-10-17/h6-14H,1-5H3/q+1.